The maximum atomic E-state index is 11.8. The van der Waals surface area contributed by atoms with Crippen LogP contribution in [0, 0.1) is 5.92 Å². The lowest BCUT2D eigenvalue weighted by Crippen LogP contribution is -2.45. The fraction of sp³-hybridized carbons (Fsp3) is 0.467. The Labute approximate surface area is 119 Å². The van der Waals surface area contributed by atoms with Crippen molar-refractivity contribution in [1.82, 2.24) is 15.2 Å². The number of nitrogens with one attached hydrogen (secondary N) is 1. The fourth-order valence-electron chi connectivity index (χ4n) is 2.83. The molecule has 0 bridgehead atoms. The quantitative estimate of drug-likeness (QED) is 0.885. The Morgan fingerprint density at radius 1 is 1.40 bits per heavy atom. The number of carbonyl (C=O) groups is 1. The van der Waals surface area contributed by atoms with Gasteiger partial charge in [0.1, 0.15) is 5.82 Å². The zero-order valence-electron chi connectivity index (χ0n) is 12.5. The van der Waals surface area contributed by atoms with Crippen molar-refractivity contribution in [1.29, 1.82) is 0 Å². The Hall–Kier alpha value is -2.04. The highest BCUT2D eigenvalue weighted by atomic mass is 16.2. The number of nitrogens with two attached hydrogens (primary N) is 1. The molecule has 20 heavy (non-hydrogen) atoms. The van der Waals surface area contributed by atoms with Crippen LogP contribution in [-0.4, -0.2) is 22.3 Å². The highest BCUT2D eigenvalue weighted by Crippen LogP contribution is 2.32. The second kappa shape index (κ2) is 5.53. The van der Waals surface area contributed by atoms with Crippen molar-refractivity contribution >= 4 is 11.7 Å². The van der Waals surface area contributed by atoms with Gasteiger partial charge in [0.25, 0.3) is 0 Å². The summed E-state index contributed by atoms with van der Waals surface area (Å²) in [5, 5.41) is 2.91. The summed E-state index contributed by atoms with van der Waals surface area (Å²) in [5.41, 5.74) is 8.99. The van der Waals surface area contributed by atoms with E-state index in [4.69, 9.17) is 5.73 Å². The Morgan fingerprint density at radius 2 is 2.10 bits per heavy atom. The van der Waals surface area contributed by atoms with Crippen molar-refractivity contribution < 1.29 is 4.79 Å². The smallest absolute Gasteiger partial charge is 0.243 e. The van der Waals surface area contributed by atoms with E-state index in [1.807, 2.05) is 19.1 Å². The summed E-state index contributed by atoms with van der Waals surface area (Å²) in [7, 11) is 0. The van der Waals surface area contributed by atoms with Crippen molar-refractivity contribution in [3.8, 4) is 0 Å². The summed E-state index contributed by atoms with van der Waals surface area (Å²) in [6, 6.07) is 3.85. The monoisotopic (exact) mass is 274 g/mol. The van der Waals surface area contributed by atoms with Gasteiger partial charge in [-0.2, -0.15) is 0 Å². The summed E-state index contributed by atoms with van der Waals surface area (Å²) in [4.78, 5) is 18.1. The molecule has 2 rings (SSSR count). The predicted octanol–water partition coefficient (Wildman–Crippen LogP) is 2.04. The van der Waals surface area contributed by atoms with E-state index >= 15 is 0 Å². The third-order valence-corrected chi connectivity index (χ3v) is 3.67. The van der Waals surface area contributed by atoms with Gasteiger partial charge in [-0.3, -0.25) is 4.79 Å². The molecule has 0 saturated heterocycles. The van der Waals surface area contributed by atoms with Gasteiger partial charge < -0.3 is 16.0 Å². The molecular weight excluding hydrogens is 252 g/mol. The second-order valence-electron chi connectivity index (χ2n) is 5.49. The average molecular weight is 274 g/mol. The SMILES string of the molecule is CC1=C(C(C)C)N(C(C)c2cccnc2N)CC(=O)N1. The molecule has 1 aliphatic rings. The molecule has 5 nitrogen and oxygen atoms in total. The van der Waals surface area contributed by atoms with E-state index in [0.29, 0.717) is 18.3 Å². The second-order valence-corrected chi connectivity index (χ2v) is 5.49. The summed E-state index contributed by atoms with van der Waals surface area (Å²) in [5.74, 6) is 0.865. The first-order valence-electron chi connectivity index (χ1n) is 6.89. The van der Waals surface area contributed by atoms with Crippen LogP contribution in [0.2, 0.25) is 0 Å². The van der Waals surface area contributed by atoms with Crippen LogP contribution in [0.5, 0.6) is 0 Å². The summed E-state index contributed by atoms with van der Waals surface area (Å²) in [6.45, 7) is 8.60. The Balaban J connectivity index is 2.41. The van der Waals surface area contributed by atoms with E-state index in [2.05, 4.69) is 36.0 Å². The lowest BCUT2D eigenvalue weighted by atomic mass is 10.00. The van der Waals surface area contributed by atoms with E-state index in [0.717, 1.165) is 17.0 Å². The van der Waals surface area contributed by atoms with Crippen molar-refractivity contribution in [2.75, 3.05) is 12.3 Å². The first kappa shape index (κ1) is 14.4. The van der Waals surface area contributed by atoms with E-state index in [-0.39, 0.29) is 11.9 Å². The Kier molecular flexibility index (Phi) is 3.97. The van der Waals surface area contributed by atoms with Crippen LogP contribution in [0.1, 0.15) is 39.3 Å². The number of anilines is 1. The number of hydrogen-bond acceptors (Lipinski definition) is 4. The van der Waals surface area contributed by atoms with Gasteiger partial charge in [0.05, 0.1) is 12.6 Å². The summed E-state index contributed by atoms with van der Waals surface area (Å²) < 4.78 is 0. The van der Waals surface area contributed by atoms with Gasteiger partial charge in [-0.1, -0.05) is 19.9 Å². The van der Waals surface area contributed by atoms with Crippen molar-refractivity contribution in [2.24, 2.45) is 5.92 Å². The van der Waals surface area contributed by atoms with Crippen LogP contribution in [-0.2, 0) is 4.79 Å². The van der Waals surface area contributed by atoms with Gasteiger partial charge in [0.15, 0.2) is 0 Å². The molecule has 3 N–H and O–H groups in total. The van der Waals surface area contributed by atoms with Crippen LogP contribution < -0.4 is 11.1 Å². The van der Waals surface area contributed by atoms with Crippen LogP contribution in [0.15, 0.2) is 29.7 Å². The zero-order valence-corrected chi connectivity index (χ0v) is 12.5. The van der Waals surface area contributed by atoms with Gasteiger partial charge in [0.2, 0.25) is 5.91 Å². The minimum absolute atomic E-state index is 0.0150. The van der Waals surface area contributed by atoms with Crippen molar-refractivity contribution in [3.63, 3.8) is 0 Å². The van der Waals surface area contributed by atoms with Crippen LogP contribution in [0.3, 0.4) is 0 Å². The van der Waals surface area contributed by atoms with Crippen molar-refractivity contribution in [3.05, 3.63) is 35.3 Å². The number of pyridine rings is 1. The molecule has 1 aromatic rings. The predicted molar refractivity (Wildman–Crippen MR) is 79.5 cm³/mol. The average Bonchev–Trinajstić information content (AvgIpc) is 2.37. The van der Waals surface area contributed by atoms with Crippen LogP contribution in [0.4, 0.5) is 5.82 Å². The molecule has 2 heterocycles. The summed E-state index contributed by atoms with van der Waals surface area (Å²) >= 11 is 0. The zero-order chi connectivity index (χ0) is 14.9. The molecule has 0 radical (unpaired) electrons. The van der Waals surface area contributed by atoms with Crippen LogP contribution in [0.25, 0.3) is 0 Å². The van der Waals surface area contributed by atoms with E-state index in [9.17, 15) is 4.79 Å². The maximum absolute atomic E-state index is 11.8. The minimum atomic E-state index is 0.0150. The number of allylic oxidation sites excluding steroid dienone is 2. The largest absolute Gasteiger partial charge is 0.383 e. The van der Waals surface area contributed by atoms with E-state index in [1.165, 1.54) is 0 Å². The number of carbonyl (C=O) groups excluding carboxylic acids is 1. The number of hydrogen-bond donors (Lipinski definition) is 2. The Bertz CT molecular complexity index is 551. The third-order valence-electron chi connectivity index (χ3n) is 3.67. The molecule has 0 aliphatic carbocycles. The highest BCUT2D eigenvalue weighted by molar-refractivity contribution is 5.81. The molecule has 1 amide bonds. The lowest BCUT2D eigenvalue weighted by Gasteiger charge is -2.39. The molecule has 1 aromatic heterocycles. The van der Waals surface area contributed by atoms with Gasteiger partial charge in [-0.15, -0.1) is 0 Å². The molecule has 1 aliphatic heterocycles. The highest BCUT2D eigenvalue weighted by Gasteiger charge is 2.29. The number of amides is 1. The molecule has 0 fully saturated rings. The van der Waals surface area contributed by atoms with Crippen LogP contribution >= 0.6 is 0 Å². The van der Waals surface area contributed by atoms with Gasteiger partial charge >= 0.3 is 0 Å². The molecular formula is C15H22N4O. The van der Waals surface area contributed by atoms with E-state index in [1.54, 1.807) is 6.20 Å². The van der Waals surface area contributed by atoms with Gasteiger partial charge in [-0.05, 0) is 25.8 Å². The fourth-order valence-corrected chi connectivity index (χ4v) is 2.83. The first-order chi connectivity index (χ1) is 9.41. The molecule has 108 valence electrons. The maximum Gasteiger partial charge on any atom is 0.243 e. The number of aromatic nitrogens is 1. The number of nitrogen functional groups attached to an aromatic ring is 1. The molecule has 0 aromatic carbocycles. The Morgan fingerprint density at radius 3 is 2.70 bits per heavy atom. The normalized spacial score (nSPS) is 17.4. The van der Waals surface area contributed by atoms with Crippen molar-refractivity contribution in [2.45, 2.75) is 33.7 Å². The number of nitrogens with zero attached hydrogens (tertiary/aromatic N) is 2. The molecule has 0 spiro atoms. The molecule has 1 atom stereocenters. The topological polar surface area (TPSA) is 71.2 Å². The van der Waals surface area contributed by atoms with Gasteiger partial charge in [0, 0.05) is 23.2 Å². The molecule has 1 unspecified atom stereocenters. The molecule has 5 heteroatoms. The van der Waals surface area contributed by atoms with E-state index < -0.39 is 0 Å². The molecule has 0 saturated carbocycles. The standard InChI is InChI=1S/C15H22N4O/c1-9(2)14-10(3)18-13(20)8-19(14)11(4)12-6-5-7-17-15(12)16/h5-7,9,11H,8H2,1-4H3,(H2,16,17)(H,18,20). The number of rotatable bonds is 3. The first-order valence-corrected chi connectivity index (χ1v) is 6.89. The lowest BCUT2D eigenvalue weighted by molar-refractivity contribution is -0.122. The van der Waals surface area contributed by atoms with Gasteiger partial charge in [-0.25, -0.2) is 4.98 Å². The minimum Gasteiger partial charge on any atom is -0.383 e. The summed E-state index contributed by atoms with van der Waals surface area (Å²) in [6.07, 6.45) is 1.68. The third kappa shape index (κ3) is 2.61.